The van der Waals surface area contributed by atoms with Crippen LogP contribution in [0, 0.1) is 6.92 Å². The zero-order chi connectivity index (χ0) is 21.0. The number of halogens is 1. The summed E-state index contributed by atoms with van der Waals surface area (Å²) in [5.41, 5.74) is 2.44. The first-order chi connectivity index (χ1) is 13.7. The van der Waals surface area contributed by atoms with E-state index in [9.17, 15) is 13.2 Å². The van der Waals surface area contributed by atoms with E-state index in [1.165, 1.54) is 15.9 Å². The number of rotatable bonds is 7. The van der Waals surface area contributed by atoms with E-state index < -0.39 is 16.0 Å². The number of aliphatic carboxylic acids is 1. The summed E-state index contributed by atoms with van der Waals surface area (Å²) >= 11 is 5.91. The molecule has 0 unspecified atom stereocenters. The molecule has 0 amide bonds. The van der Waals surface area contributed by atoms with Gasteiger partial charge in [-0.1, -0.05) is 29.8 Å². The fraction of sp³-hybridized carbons (Fsp3) is 0.381. The van der Waals surface area contributed by atoms with Crippen molar-refractivity contribution in [2.75, 3.05) is 32.7 Å². The van der Waals surface area contributed by atoms with Crippen LogP contribution in [0.2, 0.25) is 5.02 Å². The summed E-state index contributed by atoms with van der Waals surface area (Å²) in [5, 5.41) is 9.72. The highest BCUT2D eigenvalue weighted by Crippen LogP contribution is 2.21. The van der Waals surface area contributed by atoms with E-state index in [2.05, 4.69) is 4.90 Å². The molecule has 29 heavy (non-hydrogen) atoms. The predicted octanol–water partition coefficient (Wildman–Crippen LogP) is 2.82. The number of carboxylic acid groups (broad SMARTS) is 1. The standard InChI is InChI=1S/C21H25ClN2O4S/c1-16-12-18(15-21(25)26)14-20(13-16)29(27,28)24-10-8-23(9-11-24)7-6-17-2-4-19(22)5-3-17/h2-5,12-14H,6-11,15H2,1H3,(H,25,26). The highest BCUT2D eigenvalue weighted by molar-refractivity contribution is 7.89. The SMILES string of the molecule is Cc1cc(CC(=O)O)cc(S(=O)(=O)N2CCN(CCc3ccc(Cl)cc3)CC2)c1. The van der Waals surface area contributed by atoms with E-state index >= 15 is 0 Å². The van der Waals surface area contributed by atoms with Crippen molar-refractivity contribution in [1.29, 1.82) is 0 Å². The van der Waals surface area contributed by atoms with Crippen molar-refractivity contribution < 1.29 is 18.3 Å². The average molecular weight is 437 g/mol. The molecule has 8 heteroatoms. The van der Waals surface area contributed by atoms with Crippen molar-refractivity contribution in [2.45, 2.75) is 24.7 Å². The second-order valence-electron chi connectivity index (χ2n) is 7.35. The van der Waals surface area contributed by atoms with Gasteiger partial charge in [-0.15, -0.1) is 0 Å². The Kier molecular flexibility index (Phi) is 6.95. The van der Waals surface area contributed by atoms with Crippen molar-refractivity contribution in [1.82, 2.24) is 9.21 Å². The van der Waals surface area contributed by atoms with Gasteiger partial charge in [-0.25, -0.2) is 8.42 Å². The number of piperazine rings is 1. The van der Waals surface area contributed by atoms with Gasteiger partial charge in [0.2, 0.25) is 10.0 Å². The van der Waals surface area contributed by atoms with Gasteiger partial charge in [-0.3, -0.25) is 4.79 Å². The number of hydrogen-bond acceptors (Lipinski definition) is 4. The third-order valence-electron chi connectivity index (χ3n) is 5.06. The van der Waals surface area contributed by atoms with E-state index in [4.69, 9.17) is 16.7 Å². The van der Waals surface area contributed by atoms with Crippen molar-refractivity contribution in [3.8, 4) is 0 Å². The van der Waals surface area contributed by atoms with Gasteiger partial charge in [-0.2, -0.15) is 4.31 Å². The van der Waals surface area contributed by atoms with Crippen molar-refractivity contribution in [3.05, 3.63) is 64.2 Å². The molecule has 0 aromatic heterocycles. The Morgan fingerprint density at radius 2 is 1.69 bits per heavy atom. The van der Waals surface area contributed by atoms with Crippen LogP contribution in [-0.2, 0) is 27.7 Å². The molecular weight excluding hydrogens is 412 g/mol. The molecule has 6 nitrogen and oxygen atoms in total. The lowest BCUT2D eigenvalue weighted by Gasteiger charge is -2.34. The molecule has 2 aromatic rings. The molecule has 0 saturated carbocycles. The number of sulfonamides is 1. The summed E-state index contributed by atoms with van der Waals surface area (Å²) in [6, 6.07) is 12.6. The minimum absolute atomic E-state index is 0.170. The Morgan fingerprint density at radius 1 is 1.03 bits per heavy atom. The Morgan fingerprint density at radius 3 is 2.31 bits per heavy atom. The van der Waals surface area contributed by atoms with E-state index in [0.29, 0.717) is 31.7 Å². The number of nitrogens with zero attached hydrogens (tertiary/aromatic N) is 2. The van der Waals surface area contributed by atoms with Crippen LogP contribution in [0.15, 0.2) is 47.4 Å². The van der Waals surface area contributed by atoms with Crippen LogP contribution in [0.3, 0.4) is 0 Å². The molecule has 1 aliphatic heterocycles. The van der Waals surface area contributed by atoms with Crippen LogP contribution in [-0.4, -0.2) is 61.4 Å². The van der Waals surface area contributed by atoms with Crippen LogP contribution in [0.4, 0.5) is 0 Å². The van der Waals surface area contributed by atoms with Gasteiger partial charge in [0.05, 0.1) is 11.3 Å². The van der Waals surface area contributed by atoms with E-state index in [1.54, 1.807) is 19.1 Å². The molecule has 1 fully saturated rings. The smallest absolute Gasteiger partial charge is 0.307 e. The van der Waals surface area contributed by atoms with Crippen molar-refractivity contribution >= 4 is 27.6 Å². The Bertz CT molecular complexity index is 969. The molecule has 3 rings (SSSR count). The molecule has 1 N–H and O–H groups in total. The lowest BCUT2D eigenvalue weighted by molar-refractivity contribution is -0.136. The fourth-order valence-electron chi connectivity index (χ4n) is 3.53. The summed E-state index contributed by atoms with van der Waals surface area (Å²) < 4.78 is 27.6. The van der Waals surface area contributed by atoms with Gasteiger partial charge >= 0.3 is 5.97 Å². The Hall–Kier alpha value is -1.93. The topological polar surface area (TPSA) is 77.9 Å². The maximum atomic E-state index is 13.0. The van der Waals surface area contributed by atoms with Crippen LogP contribution < -0.4 is 0 Å². The van der Waals surface area contributed by atoms with Gasteiger partial charge in [0.1, 0.15) is 0 Å². The number of carboxylic acids is 1. The van der Waals surface area contributed by atoms with Crippen LogP contribution in [0.1, 0.15) is 16.7 Å². The Labute approximate surface area is 176 Å². The van der Waals surface area contributed by atoms with Crippen LogP contribution in [0.5, 0.6) is 0 Å². The van der Waals surface area contributed by atoms with Gasteiger partial charge in [0.25, 0.3) is 0 Å². The summed E-state index contributed by atoms with van der Waals surface area (Å²) in [6.45, 7) is 4.82. The molecule has 0 radical (unpaired) electrons. The molecule has 1 aliphatic rings. The summed E-state index contributed by atoms with van der Waals surface area (Å²) in [4.78, 5) is 13.4. The zero-order valence-corrected chi connectivity index (χ0v) is 17.9. The van der Waals surface area contributed by atoms with E-state index in [0.717, 1.165) is 23.6 Å². The van der Waals surface area contributed by atoms with Crippen molar-refractivity contribution in [2.24, 2.45) is 0 Å². The van der Waals surface area contributed by atoms with E-state index in [-0.39, 0.29) is 11.3 Å². The maximum Gasteiger partial charge on any atom is 0.307 e. The lowest BCUT2D eigenvalue weighted by Crippen LogP contribution is -2.49. The lowest BCUT2D eigenvalue weighted by atomic mass is 10.1. The third kappa shape index (κ3) is 5.79. The molecule has 1 saturated heterocycles. The first-order valence-corrected chi connectivity index (χ1v) is 11.3. The molecule has 0 atom stereocenters. The van der Waals surface area contributed by atoms with Crippen LogP contribution >= 0.6 is 11.6 Å². The van der Waals surface area contributed by atoms with E-state index in [1.807, 2.05) is 24.3 Å². The van der Waals surface area contributed by atoms with Gasteiger partial charge in [-0.05, 0) is 54.3 Å². The quantitative estimate of drug-likeness (QED) is 0.722. The minimum Gasteiger partial charge on any atom is -0.481 e. The third-order valence-corrected chi connectivity index (χ3v) is 7.19. The number of carbonyl (C=O) groups is 1. The summed E-state index contributed by atoms with van der Waals surface area (Å²) in [6.07, 6.45) is 0.697. The largest absolute Gasteiger partial charge is 0.481 e. The molecular formula is C21H25ClN2O4S. The maximum absolute atomic E-state index is 13.0. The molecule has 156 valence electrons. The summed E-state index contributed by atoms with van der Waals surface area (Å²) in [7, 11) is -3.64. The fourth-order valence-corrected chi connectivity index (χ4v) is 5.23. The first kappa shape index (κ1) is 21.8. The minimum atomic E-state index is -3.64. The van der Waals surface area contributed by atoms with Gasteiger partial charge in [0, 0.05) is 37.7 Å². The molecule has 2 aromatic carbocycles. The number of hydrogen-bond donors (Lipinski definition) is 1. The Balaban J connectivity index is 1.61. The van der Waals surface area contributed by atoms with Gasteiger partial charge < -0.3 is 10.0 Å². The highest BCUT2D eigenvalue weighted by Gasteiger charge is 2.28. The predicted molar refractivity (Wildman–Crippen MR) is 113 cm³/mol. The normalized spacial score (nSPS) is 16.1. The highest BCUT2D eigenvalue weighted by atomic mass is 35.5. The van der Waals surface area contributed by atoms with Gasteiger partial charge in [0.15, 0.2) is 0 Å². The number of aryl methyl sites for hydroxylation is 1. The number of benzene rings is 2. The summed E-state index contributed by atoms with van der Waals surface area (Å²) in [5.74, 6) is -0.978. The second-order valence-corrected chi connectivity index (χ2v) is 9.72. The first-order valence-electron chi connectivity index (χ1n) is 9.53. The second kappa shape index (κ2) is 9.26. The molecule has 0 spiro atoms. The van der Waals surface area contributed by atoms with Crippen LogP contribution in [0.25, 0.3) is 0 Å². The molecule has 1 heterocycles. The molecule has 0 bridgehead atoms. The zero-order valence-electron chi connectivity index (χ0n) is 16.3. The average Bonchev–Trinajstić information content (AvgIpc) is 2.67. The van der Waals surface area contributed by atoms with Crippen molar-refractivity contribution in [3.63, 3.8) is 0 Å². The monoisotopic (exact) mass is 436 g/mol. The molecule has 0 aliphatic carbocycles.